The van der Waals surface area contributed by atoms with E-state index in [9.17, 15) is 0 Å². The van der Waals surface area contributed by atoms with Crippen molar-refractivity contribution in [2.24, 2.45) is 0 Å². The minimum atomic E-state index is 0.0729. The first-order valence-corrected chi connectivity index (χ1v) is 9.17. The third kappa shape index (κ3) is 6.05. The molecule has 3 nitrogen and oxygen atoms in total. The molecule has 0 aromatic carbocycles. The minimum absolute atomic E-state index is 0.0729. The highest BCUT2D eigenvalue weighted by molar-refractivity contribution is 7.98. The van der Waals surface area contributed by atoms with E-state index in [0.717, 1.165) is 35.1 Å². The minimum Gasteiger partial charge on any atom is -0.356 e. The van der Waals surface area contributed by atoms with Gasteiger partial charge < -0.3 is 10.2 Å². The van der Waals surface area contributed by atoms with Crippen molar-refractivity contribution >= 4 is 29.2 Å². The zero-order chi connectivity index (χ0) is 16.0. The smallest absolute Gasteiger partial charge is 0.128 e. The van der Waals surface area contributed by atoms with Gasteiger partial charge in [-0.2, -0.15) is 11.8 Å². The standard InChI is InChI=1S/C16H28ClN3S/c1-7-13(11-21-6)20(5)15-8-12(14(17)10-18-15)9-19-16(2,3)4/h8,10,13,19H,7,9,11H2,1-6H3. The van der Waals surface area contributed by atoms with Crippen molar-refractivity contribution < 1.29 is 0 Å². The zero-order valence-corrected chi connectivity index (χ0v) is 15.6. The Balaban J connectivity index is 2.89. The predicted molar refractivity (Wildman–Crippen MR) is 96.7 cm³/mol. The average molecular weight is 330 g/mol. The van der Waals surface area contributed by atoms with E-state index >= 15 is 0 Å². The Hall–Kier alpha value is -0.450. The SMILES string of the molecule is CCC(CSC)N(C)c1cc(CNC(C)(C)C)c(Cl)cn1. The quantitative estimate of drug-likeness (QED) is 0.811. The van der Waals surface area contributed by atoms with Crippen LogP contribution in [0.1, 0.15) is 39.7 Å². The van der Waals surface area contributed by atoms with Crippen LogP contribution in [0.4, 0.5) is 5.82 Å². The van der Waals surface area contributed by atoms with Crippen molar-refractivity contribution in [3.05, 3.63) is 22.8 Å². The summed E-state index contributed by atoms with van der Waals surface area (Å²) in [5, 5.41) is 4.20. The molecule has 0 amide bonds. The van der Waals surface area contributed by atoms with Gasteiger partial charge in [-0.15, -0.1) is 0 Å². The second kappa shape index (κ2) is 8.25. The number of aromatic nitrogens is 1. The van der Waals surface area contributed by atoms with Crippen molar-refractivity contribution in [2.75, 3.05) is 24.0 Å². The van der Waals surface area contributed by atoms with Crippen LogP contribution in [-0.2, 0) is 6.54 Å². The number of halogens is 1. The van der Waals surface area contributed by atoms with Gasteiger partial charge in [0, 0.05) is 37.1 Å². The summed E-state index contributed by atoms with van der Waals surface area (Å²) in [6, 6.07) is 2.60. The number of nitrogens with one attached hydrogen (secondary N) is 1. The van der Waals surface area contributed by atoms with Gasteiger partial charge in [-0.3, -0.25) is 0 Å². The molecular formula is C16H28ClN3S. The first-order chi connectivity index (χ1) is 9.78. The number of hydrogen-bond donors (Lipinski definition) is 1. The maximum atomic E-state index is 6.28. The first-order valence-electron chi connectivity index (χ1n) is 7.39. The van der Waals surface area contributed by atoms with Crippen molar-refractivity contribution in [2.45, 2.75) is 52.2 Å². The van der Waals surface area contributed by atoms with Gasteiger partial charge in [-0.25, -0.2) is 4.98 Å². The average Bonchev–Trinajstić information content (AvgIpc) is 2.42. The Kier molecular flexibility index (Phi) is 7.31. The van der Waals surface area contributed by atoms with Crippen LogP contribution in [0.25, 0.3) is 0 Å². The number of hydrogen-bond acceptors (Lipinski definition) is 4. The molecule has 0 aliphatic rings. The summed E-state index contributed by atoms with van der Waals surface area (Å²) in [7, 11) is 2.11. The number of pyridine rings is 1. The lowest BCUT2D eigenvalue weighted by molar-refractivity contribution is 0.424. The lowest BCUT2D eigenvalue weighted by Crippen LogP contribution is -2.36. The number of nitrogens with zero attached hydrogens (tertiary/aromatic N) is 2. The molecule has 0 aliphatic carbocycles. The lowest BCUT2D eigenvalue weighted by atomic mass is 10.1. The fraction of sp³-hybridized carbons (Fsp3) is 0.688. The van der Waals surface area contributed by atoms with Crippen molar-refractivity contribution in [1.29, 1.82) is 0 Å². The van der Waals surface area contributed by atoms with Gasteiger partial charge >= 0.3 is 0 Å². The van der Waals surface area contributed by atoms with Crippen molar-refractivity contribution in [3.8, 4) is 0 Å². The highest BCUT2D eigenvalue weighted by atomic mass is 35.5. The van der Waals surface area contributed by atoms with Gasteiger partial charge in [-0.1, -0.05) is 18.5 Å². The summed E-state index contributed by atoms with van der Waals surface area (Å²) < 4.78 is 0. The molecule has 1 atom stereocenters. The Morgan fingerprint density at radius 3 is 2.62 bits per heavy atom. The normalized spacial score (nSPS) is 13.3. The van der Waals surface area contributed by atoms with Crippen LogP contribution in [-0.4, -0.2) is 35.6 Å². The van der Waals surface area contributed by atoms with Crippen LogP contribution in [0.2, 0.25) is 5.02 Å². The van der Waals surface area contributed by atoms with Crippen LogP contribution in [0.15, 0.2) is 12.3 Å². The maximum Gasteiger partial charge on any atom is 0.128 e. The summed E-state index contributed by atoms with van der Waals surface area (Å²) in [6.45, 7) is 9.43. The van der Waals surface area contributed by atoms with Gasteiger partial charge in [0.25, 0.3) is 0 Å². The van der Waals surface area contributed by atoms with E-state index in [1.165, 1.54) is 0 Å². The summed E-state index contributed by atoms with van der Waals surface area (Å²) in [5.74, 6) is 2.10. The van der Waals surface area contributed by atoms with Gasteiger partial charge in [-0.05, 0) is 45.1 Å². The molecule has 1 rings (SSSR count). The molecule has 0 bridgehead atoms. The fourth-order valence-corrected chi connectivity index (χ4v) is 3.05. The summed E-state index contributed by atoms with van der Waals surface area (Å²) in [4.78, 5) is 6.75. The van der Waals surface area contributed by atoms with Crippen LogP contribution in [0.5, 0.6) is 0 Å². The first kappa shape index (κ1) is 18.6. The van der Waals surface area contributed by atoms with E-state index in [1.807, 2.05) is 11.8 Å². The summed E-state index contributed by atoms with van der Waals surface area (Å²) in [6.07, 6.45) is 5.01. The Morgan fingerprint density at radius 2 is 2.10 bits per heavy atom. The highest BCUT2D eigenvalue weighted by Gasteiger charge is 2.16. The molecule has 0 aliphatic heterocycles. The second-order valence-electron chi connectivity index (χ2n) is 6.37. The number of thioether (sulfide) groups is 1. The topological polar surface area (TPSA) is 28.2 Å². The van der Waals surface area contributed by atoms with Gasteiger partial charge in [0.1, 0.15) is 5.82 Å². The molecule has 0 fully saturated rings. The third-order valence-corrected chi connectivity index (χ3v) is 4.53. The van der Waals surface area contributed by atoms with Crippen LogP contribution < -0.4 is 10.2 Å². The van der Waals surface area contributed by atoms with E-state index in [1.54, 1.807) is 6.20 Å². The lowest BCUT2D eigenvalue weighted by Gasteiger charge is -2.28. The van der Waals surface area contributed by atoms with Gasteiger partial charge in [0.15, 0.2) is 0 Å². The zero-order valence-electron chi connectivity index (χ0n) is 14.0. The Labute approximate surface area is 138 Å². The molecule has 21 heavy (non-hydrogen) atoms. The molecule has 0 saturated carbocycles. The van der Waals surface area contributed by atoms with Crippen LogP contribution in [0, 0.1) is 0 Å². The largest absolute Gasteiger partial charge is 0.356 e. The van der Waals surface area contributed by atoms with E-state index in [4.69, 9.17) is 11.6 Å². The molecule has 1 aromatic heterocycles. The van der Waals surface area contributed by atoms with Gasteiger partial charge in [0.05, 0.1) is 5.02 Å². The fourth-order valence-electron chi connectivity index (χ4n) is 2.04. The van der Waals surface area contributed by atoms with Crippen molar-refractivity contribution in [3.63, 3.8) is 0 Å². The van der Waals surface area contributed by atoms with E-state index in [2.05, 4.69) is 62.3 Å². The molecule has 1 aromatic rings. The molecule has 120 valence electrons. The summed E-state index contributed by atoms with van der Waals surface area (Å²) >= 11 is 8.15. The van der Waals surface area contributed by atoms with Crippen LogP contribution in [0.3, 0.4) is 0 Å². The molecule has 0 saturated heterocycles. The molecule has 1 N–H and O–H groups in total. The molecule has 0 spiro atoms. The number of anilines is 1. The maximum absolute atomic E-state index is 6.28. The second-order valence-corrected chi connectivity index (χ2v) is 7.68. The predicted octanol–water partition coefficient (Wildman–Crippen LogP) is 4.20. The van der Waals surface area contributed by atoms with Gasteiger partial charge in [0.2, 0.25) is 0 Å². The summed E-state index contributed by atoms with van der Waals surface area (Å²) in [5.41, 5.74) is 1.17. The Morgan fingerprint density at radius 1 is 1.43 bits per heavy atom. The van der Waals surface area contributed by atoms with Crippen LogP contribution >= 0.6 is 23.4 Å². The molecule has 0 radical (unpaired) electrons. The van der Waals surface area contributed by atoms with E-state index < -0.39 is 0 Å². The third-order valence-electron chi connectivity index (χ3n) is 3.47. The number of rotatable bonds is 7. The Bertz CT molecular complexity index is 446. The van der Waals surface area contributed by atoms with E-state index in [0.29, 0.717) is 6.04 Å². The monoisotopic (exact) mass is 329 g/mol. The van der Waals surface area contributed by atoms with E-state index in [-0.39, 0.29) is 5.54 Å². The molecule has 5 heteroatoms. The van der Waals surface area contributed by atoms with Crippen molar-refractivity contribution in [1.82, 2.24) is 10.3 Å². The molecule has 1 heterocycles. The molecular weight excluding hydrogens is 302 g/mol. The highest BCUT2D eigenvalue weighted by Crippen LogP contribution is 2.23. The molecule has 1 unspecified atom stereocenters.